The molecule has 0 aliphatic rings. The normalized spacial score (nSPS) is 10.8. The van der Waals surface area contributed by atoms with E-state index in [2.05, 4.69) is 25.6 Å². The highest BCUT2D eigenvalue weighted by Crippen LogP contribution is 2.33. The lowest BCUT2D eigenvalue weighted by molar-refractivity contribution is 0.112. The number of imidazole rings is 1. The SMILES string of the molecule is CCOC(=O)Nc1nc2cc(-c3ccc(CNC)c(C=O)c3)cc(-c3ccccn3)c2[nH]1. The van der Waals surface area contributed by atoms with Crippen molar-refractivity contribution in [1.82, 2.24) is 20.3 Å². The first-order valence-electron chi connectivity index (χ1n) is 10.2. The molecule has 0 saturated carbocycles. The average Bonchev–Trinajstić information content (AvgIpc) is 3.21. The molecule has 4 rings (SSSR count). The number of pyridine rings is 1. The van der Waals surface area contributed by atoms with Crippen LogP contribution in [0.1, 0.15) is 22.8 Å². The second-order valence-corrected chi connectivity index (χ2v) is 7.13. The minimum Gasteiger partial charge on any atom is -0.450 e. The number of benzene rings is 2. The molecular weight excluding hydrogens is 406 g/mol. The van der Waals surface area contributed by atoms with Gasteiger partial charge in [-0.1, -0.05) is 18.2 Å². The second-order valence-electron chi connectivity index (χ2n) is 7.13. The number of aromatic nitrogens is 3. The standard InChI is InChI=1S/C24H23N5O3/c1-3-32-24(31)29-23-27-21-12-17(15-7-8-16(13-25-2)18(10-15)14-30)11-19(22(21)28-23)20-6-4-5-9-26-20/h4-12,14,25H,3,13H2,1-2H3,(H2,27,28,29,31). The van der Waals surface area contributed by atoms with Gasteiger partial charge in [-0.05, 0) is 61.0 Å². The Bertz CT molecular complexity index is 1270. The monoisotopic (exact) mass is 429 g/mol. The summed E-state index contributed by atoms with van der Waals surface area (Å²) in [6.07, 6.45) is 2.01. The molecule has 0 bridgehead atoms. The van der Waals surface area contributed by atoms with Crippen molar-refractivity contribution in [3.8, 4) is 22.4 Å². The van der Waals surface area contributed by atoms with Crippen molar-refractivity contribution in [2.45, 2.75) is 13.5 Å². The number of H-pyrrole nitrogens is 1. The molecule has 0 radical (unpaired) electrons. The Balaban J connectivity index is 1.85. The van der Waals surface area contributed by atoms with E-state index in [1.807, 2.05) is 55.6 Å². The second kappa shape index (κ2) is 9.40. The van der Waals surface area contributed by atoms with Gasteiger partial charge in [-0.2, -0.15) is 0 Å². The third-order valence-electron chi connectivity index (χ3n) is 5.00. The molecule has 0 spiro atoms. The number of ether oxygens (including phenoxy) is 1. The topological polar surface area (TPSA) is 109 Å². The molecule has 0 aliphatic carbocycles. The fourth-order valence-electron chi connectivity index (χ4n) is 3.56. The van der Waals surface area contributed by atoms with Gasteiger partial charge in [0.25, 0.3) is 0 Å². The number of rotatable bonds is 7. The Kier molecular flexibility index (Phi) is 6.23. The van der Waals surface area contributed by atoms with Crippen LogP contribution in [0.15, 0.2) is 54.7 Å². The molecule has 162 valence electrons. The van der Waals surface area contributed by atoms with Crippen LogP contribution in [0.5, 0.6) is 0 Å². The van der Waals surface area contributed by atoms with Gasteiger partial charge in [0.05, 0.1) is 23.3 Å². The van der Waals surface area contributed by atoms with Crippen LogP contribution in [0.3, 0.4) is 0 Å². The van der Waals surface area contributed by atoms with Gasteiger partial charge in [-0.3, -0.25) is 15.1 Å². The lowest BCUT2D eigenvalue weighted by Crippen LogP contribution is -2.14. The van der Waals surface area contributed by atoms with Gasteiger partial charge < -0.3 is 15.0 Å². The zero-order valence-electron chi connectivity index (χ0n) is 17.8. The van der Waals surface area contributed by atoms with E-state index in [1.165, 1.54) is 0 Å². The molecule has 2 aromatic heterocycles. The molecule has 0 atom stereocenters. The van der Waals surface area contributed by atoms with Crippen molar-refractivity contribution in [1.29, 1.82) is 0 Å². The predicted molar refractivity (Wildman–Crippen MR) is 124 cm³/mol. The van der Waals surface area contributed by atoms with Crippen LogP contribution in [0.4, 0.5) is 10.7 Å². The van der Waals surface area contributed by atoms with Crippen molar-refractivity contribution >= 4 is 29.4 Å². The maximum atomic E-state index is 11.8. The number of nitrogens with zero attached hydrogens (tertiary/aromatic N) is 2. The van der Waals surface area contributed by atoms with E-state index in [0.717, 1.165) is 39.8 Å². The van der Waals surface area contributed by atoms with Crippen LogP contribution in [-0.2, 0) is 11.3 Å². The minimum atomic E-state index is -0.582. The molecule has 32 heavy (non-hydrogen) atoms. The van der Waals surface area contributed by atoms with Crippen molar-refractivity contribution in [3.05, 3.63) is 65.9 Å². The lowest BCUT2D eigenvalue weighted by atomic mass is 9.96. The van der Waals surface area contributed by atoms with E-state index in [1.54, 1.807) is 13.1 Å². The Labute approximate surface area is 185 Å². The highest BCUT2D eigenvalue weighted by molar-refractivity contribution is 5.97. The smallest absolute Gasteiger partial charge is 0.413 e. The summed E-state index contributed by atoms with van der Waals surface area (Å²) in [5.74, 6) is 0.283. The van der Waals surface area contributed by atoms with Crippen molar-refractivity contribution in [3.63, 3.8) is 0 Å². The number of anilines is 1. The Morgan fingerprint density at radius 3 is 2.75 bits per heavy atom. The lowest BCUT2D eigenvalue weighted by Gasteiger charge is -2.10. The van der Waals surface area contributed by atoms with Gasteiger partial charge in [-0.15, -0.1) is 0 Å². The van der Waals surface area contributed by atoms with E-state index in [-0.39, 0.29) is 12.6 Å². The van der Waals surface area contributed by atoms with Gasteiger partial charge in [0.2, 0.25) is 5.95 Å². The van der Waals surface area contributed by atoms with E-state index in [4.69, 9.17) is 4.74 Å². The fraction of sp³-hybridized carbons (Fsp3) is 0.167. The summed E-state index contributed by atoms with van der Waals surface area (Å²) in [7, 11) is 1.84. The Morgan fingerprint density at radius 2 is 2.03 bits per heavy atom. The van der Waals surface area contributed by atoms with Crippen LogP contribution in [0, 0.1) is 0 Å². The number of hydrogen-bond acceptors (Lipinski definition) is 6. The first-order chi connectivity index (χ1) is 15.6. The third kappa shape index (κ3) is 4.35. The Morgan fingerprint density at radius 1 is 1.16 bits per heavy atom. The molecule has 0 unspecified atom stereocenters. The number of hydrogen-bond donors (Lipinski definition) is 3. The van der Waals surface area contributed by atoms with Gasteiger partial charge in [0.15, 0.2) is 0 Å². The molecule has 0 saturated heterocycles. The Hall–Kier alpha value is -4.04. The summed E-state index contributed by atoms with van der Waals surface area (Å²) >= 11 is 0. The summed E-state index contributed by atoms with van der Waals surface area (Å²) in [5.41, 5.74) is 6.30. The van der Waals surface area contributed by atoms with Crippen molar-refractivity contribution in [2.75, 3.05) is 19.0 Å². The van der Waals surface area contributed by atoms with Crippen LogP contribution >= 0.6 is 0 Å². The van der Waals surface area contributed by atoms with E-state index >= 15 is 0 Å². The van der Waals surface area contributed by atoms with Crippen molar-refractivity contribution in [2.24, 2.45) is 0 Å². The summed E-state index contributed by atoms with van der Waals surface area (Å²) in [6.45, 7) is 2.60. The highest BCUT2D eigenvalue weighted by Gasteiger charge is 2.15. The first kappa shape index (κ1) is 21.2. The molecule has 8 heteroatoms. The molecule has 2 heterocycles. The number of carbonyl (C=O) groups excluding carboxylic acids is 2. The quantitative estimate of drug-likeness (QED) is 0.376. The molecule has 8 nitrogen and oxygen atoms in total. The van der Waals surface area contributed by atoms with Crippen LogP contribution in [0.25, 0.3) is 33.4 Å². The van der Waals surface area contributed by atoms with E-state index in [9.17, 15) is 9.59 Å². The van der Waals surface area contributed by atoms with Crippen LogP contribution < -0.4 is 10.6 Å². The van der Waals surface area contributed by atoms with Gasteiger partial charge in [0.1, 0.15) is 6.29 Å². The highest BCUT2D eigenvalue weighted by atomic mass is 16.5. The maximum absolute atomic E-state index is 11.8. The number of carbonyl (C=O) groups is 2. The van der Waals surface area contributed by atoms with Crippen LogP contribution in [-0.4, -0.2) is 41.0 Å². The summed E-state index contributed by atoms with van der Waals surface area (Å²) in [4.78, 5) is 35.6. The molecule has 2 aromatic carbocycles. The minimum absolute atomic E-state index is 0.262. The molecular formula is C24H23N5O3. The molecule has 0 aliphatic heterocycles. The summed E-state index contributed by atoms with van der Waals surface area (Å²) < 4.78 is 4.95. The number of nitrogens with one attached hydrogen (secondary N) is 3. The summed E-state index contributed by atoms with van der Waals surface area (Å²) in [6, 6.07) is 15.4. The number of aldehydes is 1. The molecule has 4 aromatic rings. The first-order valence-corrected chi connectivity index (χ1v) is 10.2. The predicted octanol–water partition coefficient (Wildman–Crippen LogP) is 4.39. The largest absolute Gasteiger partial charge is 0.450 e. The van der Waals surface area contributed by atoms with Crippen LogP contribution in [0.2, 0.25) is 0 Å². The third-order valence-corrected chi connectivity index (χ3v) is 5.00. The van der Waals surface area contributed by atoms with Crippen molar-refractivity contribution < 1.29 is 14.3 Å². The van der Waals surface area contributed by atoms with Gasteiger partial charge in [-0.25, -0.2) is 9.78 Å². The maximum Gasteiger partial charge on any atom is 0.413 e. The number of aromatic amines is 1. The average molecular weight is 429 g/mol. The number of fused-ring (bicyclic) bond motifs is 1. The molecule has 0 fully saturated rings. The summed E-state index contributed by atoms with van der Waals surface area (Å²) in [5, 5.41) is 5.68. The zero-order valence-corrected chi connectivity index (χ0v) is 17.8. The fourth-order valence-corrected chi connectivity index (χ4v) is 3.56. The molecule has 1 amide bonds. The zero-order chi connectivity index (χ0) is 22.5. The van der Waals surface area contributed by atoms with Gasteiger partial charge in [0, 0.05) is 23.9 Å². The van der Waals surface area contributed by atoms with Gasteiger partial charge >= 0.3 is 6.09 Å². The van der Waals surface area contributed by atoms with E-state index < -0.39 is 6.09 Å². The molecule has 3 N–H and O–H groups in total. The number of amides is 1. The van der Waals surface area contributed by atoms with E-state index in [0.29, 0.717) is 17.6 Å².